The molecule has 7 heteroatoms. The van der Waals surface area contributed by atoms with Crippen LogP contribution in [0.25, 0.3) is 0 Å². The first-order valence-electron chi connectivity index (χ1n) is 9.36. The molecule has 0 bridgehead atoms. The Bertz CT molecular complexity index is 766. The molecule has 6 nitrogen and oxygen atoms in total. The quantitative estimate of drug-likeness (QED) is 0.814. The molecule has 1 N–H and O–H groups in total. The van der Waals surface area contributed by atoms with Crippen LogP contribution in [0.15, 0.2) is 23.1 Å². The molecular weight excluding hydrogens is 350 g/mol. The summed E-state index contributed by atoms with van der Waals surface area (Å²) in [7, 11) is -3.47. The molecular formula is C19H29N3O3S. The summed E-state index contributed by atoms with van der Waals surface area (Å²) in [5.41, 5.74) is 2.06. The van der Waals surface area contributed by atoms with E-state index in [0.29, 0.717) is 43.5 Å². The van der Waals surface area contributed by atoms with Gasteiger partial charge in [0.2, 0.25) is 15.9 Å². The molecule has 1 aromatic carbocycles. The Morgan fingerprint density at radius 1 is 1.15 bits per heavy atom. The van der Waals surface area contributed by atoms with Crippen molar-refractivity contribution < 1.29 is 13.2 Å². The number of carbonyl (C=O) groups excluding carboxylic acids is 1. The minimum absolute atomic E-state index is 0.0369. The van der Waals surface area contributed by atoms with E-state index in [-0.39, 0.29) is 11.9 Å². The van der Waals surface area contributed by atoms with Crippen LogP contribution < -0.4 is 5.32 Å². The van der Waals surface area contributed by atoms with Gasteiger partial charge < -0.3 is 5.32 Å². The third-order valence-corrected chi connectivity index (χ3v) is 7.43. The molecule has 0 unspecified atom stereocenters. The molecule has 0 radical (unpaired) electrons. The Labute approximate surface area is 156 Å². The predicted molar refractivity (Wildman–Crippen MR) is 101 cm³/mol. The maximum absolute atomic E-state index is 12.8. The second-order valence-corrected chi connectivity index (χ2v) is 9.56. The van der Waals surface area contributed by atoms with E-state index in [9.17, 15) is 13.2 Å². The maximum Gasteiger partial charge on any atom is 0.243 e. The number of amides is 1. The normalized spacial score (nSPS) is 20.7. The number of hydrogen-bond acceptors (Lipinski definition) is 4. The second-order valence-electron chi connectivity index (χ2n) is 7.62. The number of hydrogen-bond donors (Lipinski definition) is 1. The average Bonchev–Trinajstić information content (AvgIpc) is 3.42. The fourth-order valence-electron chi connectivity index (χ4n) is 3.37. The molecule has 1 aliphatic heterocycles. The first kappa shape index (κ1) is 19.3. The summed E-state index contributed by atoms with van der Waals surface area (Å²) in [5.74, 6) is 0.675. The van der Waals surface area contributed by atoms with Crippen LogP contribution in [-0.2, 0) is 14.8 Å². The summed E-state index contributed by atoms with van der Waals surface area (Å²) >= 11 is 0. The molecule has 0 spiro atoms. The standard InChI is InChI=1S/C19H29N3O3S/c1-14-4-7-18(12-15(14)2)26(24,25)22-10-8-21(9-11-22)13-19(23)20-16(3)17-5-6-17/h4,7,12,16-17H,5-6,8-11,13H2,1-3H3,(H,20,23)/t16-/m0/s1. The number of benzene rings is 1. The van der Waals surface area contributed by atoms with E-state index in [1.165, 1.54) is 17.1 Å². The Balaban J connectivity index is 1.53. The second kappa shape index (κ2) is 7.66. The maximum atomic E-state index is 12.8. The van der Waals surface area contributed by atoms with Gasteiger partial charge in [-0.1, -0.05) is 6.07 Å². The number of nitrogens with zero attached hydrogens (tertiary/aromatic N) is 2. The lowest BCUT2D eigenvalue weighted by atomic mass is 10.1. The molecule has 1 heterocycles. The molecule has 2 fully saturated rings. The minimum atomic E-state index is -3.47. The van der Waals surface area contributed by atoms with Gasteiger partial charge in [-0.2, -0.15) is 4.31 Å². The number of rotatable bonds is 6. The first-order valence-corrected chi connectivity index (χ1v) is 10.8. The molecule has 3 rings (SSSR count). The van der Waals surface area contributed by atoms with Gasteiger partial charge in [0.05, 0.1) is 11.4 Å². The Morgan fingerprint density at radius 2 is 1.81 bits per heavy atom. The van der Waals surface area contributed by atoms with Gasteiger partial charge in [0, 0.05) is 32.2 Å². The van der Waals surface area contributed by atoms with Crippen molar-refractivity contribution in [1.29, 1.82) is 0 Å². The zero-order chi connectivity index (χ0) is 18.9. The largest absolute Gasteiger partial charge is 0.352 e. The van der Waals surface area contributed by atoms with Crippen LogP contribution in [0, 0.1) is 19.8 Å². The van der Waals surface area contributed by atoms with E-state index in [1.54, 1.807) is 12.1 Å². The van der Waals surface area contributed by atoms with Crippen LogP contribution in [0.1, 0.15) is 30.9 Å². The van der Waals surface area contributed by atoms with Gasteiger partial charge in [0.1, 0.15) is 0 Å². The summed E-state index contributed by atoms with van der Waals surface area (Å²) in [6, 6.07) is 5.51. The summed E-state index contributed by atoms with van der Waals surface area (Å²) in [6.07, 6.45) is 2.41. The van der Waals surface area contributed by atoms with Gasteiger partial charge in [-0.15, -0.1) is 0 Å². The zero-order valence-electron chi connectivity index (χ0n) is 15.9. The highest BCUT2D eigenvalue weighted by molar-refractivity contribution is 7.89. The van der Waals surface area contributed by atoms with Crippen molar-refractivity contribution in [3.8, 4) is 0 Å². The van der Waals surface area contributed by atoms with Crippen LogP contribution in [0.2, 0.25) is 0 Å². The van der Waals surface area contributed by atoms with Crippen molar-refractivity contribution in [3.63, 3.8) is 0 Å². The van der Waals surface area contributed by atoms with Crippen LogP contribution >= 0.6 is 0 Å². The molecule has 1 aliphatic carbocycles. The van der Waals surface area contributed by atoms with E-state index in [0.717, 1.165) is 11.1 Å². The third-order valence-electron chi connectivity index (χ3n) is 5.53. The van der Waals surface area contributed by atoms with Crippen LogP contribution in [0.5, 0.6) is 0 Å². The number of piperazine rings is 1. The highest BCUT2D eigenvalue weighted by atomic mass is 32.2. The van der Waals surface area contributed by atoms with E-state index in [4.69, 9.17) is 0 Å². The average molecular weight is 380 g/mol. The van der Waals surface area contributed by atoms with Gasteiger partial charge in [-0.05, 0) is 62.8 Å². The Hall–Kier alpha value is -1.44. The summed E-state index contributed by atoms with van der Waals surface area (Å²) in [5, 5.41) is 3.06. The van der Waals surface area contributed by atoms with Crippen LogP contribution in [0.3, 0.4) is 0 Å². The lowest BCUT2D eigenvalue weighted by Gasteiger charge is -2.33. The highest BCUT2D eigenvalue weighted by Gasteiger charge is 2.31. The number of nitrogens with one attached hydrogen (secondary N) is 1. The monoisotopic (exact) mass is 379 g/mol. The predicted octanol–water partition coefficient (Wildman–Crippen LogP) is 1.52. The molecule has 144 valence electrons. The molecule has 1 aromatic rings. The van der Waals surface area contributed by atoms with E-state index >= 15 is 0 Å². The first-order chi connectivity index (χ1) is 12.3. The van der Waals surface area contributed by atoms with Crippen molar-refractivity contribution in [1.82, 2.24) is 14.5 Å². The fourth-order valence-corrected chi connectivity index (χ4v) is 4.88. The molecule has 1 saturated carbocycles. The van der Waals surface area contributed by atoms with Crippen molar-refractivity contribution in [3.05, 3.63) is 29.3 Å². The lowest BCUT2D eigenvalue weighted by molar-refractivity contribution is -0.123. The number of aryl methyl sites for hydroxylation is 2. The molecule has 1 atom stereocenters. The van der Waals surface area contributed by atoms with Gasteiger partial charge in [-0.25, -0.2) is 8.42 Å². The lowest BCUT2D eigenvalue weighted by Crippen LogP contribution is -2.51. The molecule has 1 saturated heterocycles. The van der Waals surface area contributed by atoms with E-state index in [1.807, 2.05) is 24.8 Å². The number of carbonyl (C=O) groups is 1. The number of sulfonamides is 1. The summed E-state index contributed by atoms with van der Waals surface area (Å²) < 4.78 is 27.2. The van der Waals surface area contributed by atoms with E-state index < -0.39 is 10.0 Å². The van der Waals surface area contributed by atoms with Crippen LogP contribution in [0.4, 0.5) is 0 Å². The molecule has 0 aromatic heterocycles. The summed E-state index contributed by atoms with van der Waals surface area (Å²) in [6.45, 7) is 8.29. The SMILES string of the molecule is Cc1ccc(S(=O)(=O)N2CCN(CC(=O)N[C@@H](C)C3CC3)CC2)cc1C. The highest BCUT2D eigenvalue weighted by Crippen LogP contribution is 2.32. The Kier molecular flexibility index (Phi) is 5.69. The van der Waals surface area contributed by atoms with Gasteiger partial charge >= 0.3 is 0 Å². The third kappa shape index (κ3) is 4.45. The van der Waals surface area contributed by atoms with Crippen molar-refractivity contribution in [2.75, 3.05) is 32.7 Å². The smallest absolute Gasteiger partial charge is 0.243 e. The molecule has 1 amide bonds. The van der Waals surface area contributed by atoms with Gasteiger partial charge in [-0.3, -0.25) is 9.69 Å². The molecule has 26 heavy (non-hydrogen) atoms. The van der Waals surface area contributed by atoms with Crippen LogP contribution in [-0.4, -0.2) is 62.3 Å². The minimum Gasteiger partial charge on any atom is -0.352 e. The van der Waals surface area contributed by atoms with Crippen molar-refractivity contribution >= 4 is 15.9 Å². The van der Waals surface area contributed by atoms with E-state index in [2.05, 4.69) is 12.2 Å². The fraction of sp³-hybridized carbons (Fsp3) is 0.632. The summed E-state index contributed by atoms with van der Waals surface area (Å²) in [4.78, 5) is 14.5. The van der Waals surface area contributed by atoms with Crippen molar-refractivity contribution in [2.45, 2.75) is 44.6 Å². The van der Waals surface area contributed by atoms with Gasteiger partial charge in [0.15, 0.2) is 0 Å². The zero-order valence-corrected chi connectivity index (χ0v) is 16.7. The van der Waals surface area contributed by atoms with Crippen molar-refractivity contribution in [2.24, 2.45) is 5.92 Å². The Morgan fingerprint density at radius 3 is 2.38 bits per heavy atom. The molecule has 2 aliphatic rings. The van der Waals surface area contributed by atoms with Gasteiger partial charge in [0.25, 0.3) is 0 Å². The topological polar surface area (TPSA) is 69.7 Å².